The van der Waals surface area contributed by atoms with Crippen LogP contribution in [-0.4, -0.2) is 31.7 Å². The van der Waals surface area contributed by atoms with Gasteiger partial charge in [-0.2, -0.15) is 8.78 Å². The van der Waals surface area contributed by atoms with Crippen molar-refractivity contribution in [2.75, 3.05) is 19.0 Å². The highest BCUT2D eigenvalue weighted by molar-refractivity contribution is 5.98. The highest BCUT2D eigenvalue weighted by atomic mass is 19.3. The van der Waals surface area contributed by atoms with E-state index in [0.717, 1.165) is 19.4 Å². The normalized spacial score (nSPS) is 21.4. The zero-order valence-corrected chi connectivity index (χ0v) is 11.9. The summed E-state index contributed by atoms with van der Waals surface area (Å²) in [5, 5.41) is 5.84. The molecule has 1 aromatic carbocycles. The summed E-state index contributed by atoms with van der Waals surface area (Å²) in [5.74, 6) is -0.137. The Morgan fingerprint density at radius 2 is 2.19 bits per heavy atom. The molecule has 1 aliphatic heterocycles. The number of carbonyl (C=O) groups excluding carboxylic acids is 1. The zero-order valence-electron chi connectivity index (χ0n) is 11.9. The number of hydrogen-bond acceptors (Lipinski definition) is 4. The van der Waals surface area contributed by atoms with E-state index in [-0.39, 0.29) is 17.4 Å². The predicted molar refractivity (Wildman–Crippen MR) is 73.9 cm³/mol. The van der Waals surface area contributed by atoms with E-state index in [4.69, 9.17) is 4.74 Å². The number of benzene rings is 1. The maximum absolute atomic E-state index is 12.4. The standard InChI is InChI=1S/C14H18F2N2O3/c1-14(6-3-7-17-14)12(19)18-9-4-5-10(20-2)11(8-9)21-13(15)16/h4-5,8,13,17H,3,6-7H2,1-2H3,(H,18,19). The van der Waals surface area contributed by atoms with Gasteiger partial charge in [0, 0.05) is 11.8 Å². The van der Waals surface area contributed by atoms with Crippen LogP contribution in [-0.2, 0) is 4.79 Å². The third-order valence-corrected chi connectivity index (χ3v) is 3.51. The molecule has 5 nitrogen and oxygen atoms in total. The number of anilines is 1. The molecule has 0 spiro atoms. The molecular weight excluding hydrogens is 282 g/mol. The third kappa shape index (κ3) is 3.60. The highest BCUT2D eigenvalue weighted by Gasteiger charge is 2.35. The second-order valence-electron chi connectivity index (χ2n) is 5.06. The van der Waals surface area contributed by atoms with Gasteiger partial charge in [0.2, 0.25) is 5.91 Å². The molecule has 2 rings (SSSR count). The predicted octanol–water partition coefficient (Wildman–Crippen LogP) is 2.38. The van der Waals surface area contributed by atoms with Crippen LogP contribution in [0.5, 0.6) is 11.5 Å². The SMILES string of the molecule is COc1ccc(NC(=O)C2(C)CCCN2)cc1OC(F)F. The van der Waals surface area contributed by atoms with Crippen molar-refractivity contribution < 1.29 is 23.0 Å². The van der Waals surface area contributed by atoms with Crippen LogP contribution < -0.4 is 20.1 Å². The van der Waals surface area contributed by atoms with Crippen LogP contribution in [0.3, 0.4) is 0 Å². The van der Waals surface area contributed by atoms with E-state index in [9.17, 15) is 13.6 Å². The molecule has 0 radical (unpaired) electrons. The van der Waals surface area contributed by atoms with Crippen LogP contribution in [0.1, 0.15) is 19.8 Å². The second kappa shape index (κ2) is 6.26. The lowest BCUT2D eigenvalue weighted by Crippen LogP contribution is -2.47. The molecule has 1 unspecified atom stereocenters. The molecule has 1 amide bonds. The van der Waals surface area contributed by atoms with Crippen LogP contribution in [0.25, 0.3) is 0 Å². The maximum Gasteiger partial charge on any atom is 0.387 e. The molecule has 1 saturated heterocycles. The molecule has 7 heteroatoms. The summed E-state index contributed by atoms with van der Waals surface area (Å²) in [7, 11) is 1.36. The molecular formula is C14H18F2N2O3. The lowest BCUT2D eigenvalue weighted by Gasteiger charge is -2.23. The fourth-order valence-electron chi connectivity index (χ4n) is 2.30. The van der Waals surface area contributed by atoms with E-state index in [1.165, 1.54) is 19.2 Å². The Morgan fingerprint density at radius 3 is 2.76 bits per heavy atom. The van der Waals surface area contributed by atoms with Gasteiger partial charge in [0.15, 0.2) is 11.5 Å². The number of hydrogen-bond donors (Lipinski definition) is 2. The van der Waals surface area contributed by atoms with Crippen LogP contribution >= 0.6 is 0 Å². The Kier molecular flexibility index (Phi) is 4.62. The molecule has 2 N–H and O–H groups in total. The number of ether oxygens (including phenoxy) is 2. The summed E-state index contributed by atoms with van der Waals surface area (Å²) >= 11 is 0. The average Bonchev–Trinajstić information content (AvgIpc) is 2.87. The molecule has 0 bridgehead atoms. The quantitative estimate of drug-likeness (QED) is 0.876. The number of rotatable bonds is 5. The first kappa shape index (κ1) is 15.5. The van der Waals surface area contributed by atoms with Gasteiger partial charge in [-0.1, -0.05) is 0 Å². The fourth-order valence-corrected chi connectivity index (χ4v) is 2.30. The van der Waals surface area contributed by atoms with E-state index in [2.05, 4.69) is 15.4 Å². The zero-order chi connectivity index (χ0) is 15.5. The molecule has 1 atom stereocenters. The largest absolute Gasteiger partial charge is 0.493 e. The first-order valence-corrected chi connectivity index (χ1v) is 6.64. The molecule has 1 aromatic rings. The summed E-state index contributed by atoms with van der Waals surface area (Å²) in [5.41, 5.74) is -0.254. The minimum Gasteiger partial charge on any atom is -0.493 e. The number of nitrogens with one attached hydrogen (secondary N) is 2. The minimum absolute atomic E-state index is 0.116. The van der Waals surface area contributed by atoms with E-state index in [1.54, 1.807) is 6.07 Å². The maximum atomic E-state index is 12.4. The first-order chi connectivity index (χ1) is 9.94. The van der Waals surface area contributed by atoms with Crippen molar-refractivity contribution in [1.82, 2.24) is 5.32 Å². The number of carbonyl (C=O) groups is 1. The second-order valence-corrected chi connectivity index (χ2v) is 5.06. The lowest BCUT2D eigenvalue weighted by atomic mass is 9.99. The van der Waals surface area contributed by atoms with Crippen molar-refractivity contribution in [3.8, 4) is 11.5 Å². The summed E-state index contributed by atoms with van der Waals surface area (Å²) in [6, 6.07) is 4.37. The Bertz CT molecular complexity index is 517. The monoisotopic (exact) mass is 300 g/mol. The molecule has 0 saturated carbocycles. The van der Waals surface area contributed by atoms with Gasteiger partial charge in [-0.3, -0.25) is 4.79 Å². The summed E-state index contributed by atoms with van der Waals surface area (Å²) in [4.78, 5) is 12.2. The first-order valence-electron chi connectivity index (χ1n) is 6.64. The van der Waals surface area contributed by atoms with Crippen molar-refractivity contribution in [3.05, 3.63) is 18.2 Å². The molecule has 0 aromatic heterocycles. The highest BCUT2D eigenvalue weighted by Crippen LogP contribution is 2.32. The van der Waals surface area contributed by atoms with Gasteiger partial charge in [-0.25, -0.2) is 0 Å². The van der Waals surface area contributed by atoms with Crippen LogP contribution in [0, 0.1) is 0 Å². The lowest BCUT2D eigenvalue weighted by molar-refractivity contribution is -0.121. The van der Waals surface area contributed by atoms with Crippen LogP contribution in [0.4, 0.5) is 14.5 Å². The van der Waals surface area contributed by atoms with Gasteiger partial charge in [-0.15, -0.1) is 0 Å². The smallest absolute Gasteiger partial charge is 0.387 e. The van der Waals surface area contributed by atoms with Crippen LogP contribution in [0.15, 0.2) is 18.2 Å². The van der Waals surface area contributed by atoms with Gasteiger partial charge in [-0.05, 0) is 38.4 Å². The summed E-state index contributed by atoms with van der Waals surface area (Å²) < 4.78 is 34.1. The van der Waals surface area contributed by atoms with Gasteiger partial charge in [0.1, 0.15) is 0 Å². The average molecular weight is 300 g/mol. The Labute approximate surface area is 121 Å². The van der Waals surface area contributed by atoms with Crippen molar-refractivity contribution in [2.45, 2.75) is 31.9 Å². The van der Waals surface area contributed by atoms with Gasteiger partial charge < -0.3 is 20.1 Å². The number of amides is 1. The molecule has 1 aliphatic rings. The number of alkyl halides is 2. The van der Waals surface area contributed by atoms with Crippen molar-refractivity contribution in [3.63, 3.8) is 0 Å². The third-order valence-electron chi connectivity index (χ3n) is 3.51. The fraction of sp³-hybridized carbons (Fsp3) is 0.500. The summed E-state index contributed by atoms with van der Waals surface area (Å²) in [6.07, 6.45) is 1.65. The van der Waals surface area contributed by atoms with Crippen molar-refractivity contribution >= 4 is 11.6 Å². The Morgan fingerprint density at radius 1 is 1.43 bits per heavy atom. The topological polar surface area (TPSA) is 59.6 Å². The van der Waals surface area contributed by atoms with E-state index in [0.29, 0.717) is 5.69 Å². The van der Waals surface area contributed by atoms with E-state index < -0.39 is 12.2 Å². The summed E-state index contributed by atoms with van der Waals surface area (Å²) in [6.45, 7) is -0.360. The van der Waals surface area contributed by atoms with E-state index >= 15 is 0 Å². The Hall–Kier alpha value is -1.89. The van der Waals surface area contributed by atoms with Crippen molar-refractivity contribution in [2.24, 2.45) is 0 Å². The van der Waals surface area contributed by atoms with Gasteiger partial charge in [0.05, 0.1) is 12.6 Å². The number of halogens is 2. The molecule has 0 aliphatic carbocycles. The van der Waals surface area contributed by atoms with Gasteiger partial charge in [0.25, 0.3) is 0 Å². The van der Waals surface area contributed by atoms with Crippen molar-refractivity contribution in [1.29, 1.82) is 0 Å². The minimum atomic E-state index is -2.96. The molecule has 116 valence electrons. The molecule has 1 fully saturated rings. The Balaban J connectivity index is 2.14. The van der Waals surface area contributed by atoms with Crippen LogP contribution in [0.2, 0.25) is 0 Å². The number of methoxy groups -OCH3 is 1. The van der Waals surface area contributed by atoms with E-state index in [1.807, 2.05) is 6.92 Å². The molecule has 21 heavy (non-hydrogen) atoms. The molecule has 1 heterocycles. The van der Waals surface area contributed by atoms with Gasteiger partial charge >= 0.3 is 6.61 Å².